The van der Waals surface area contributed by atoms with Crippen molar-refractivity contribution in [3.63, 3.8) is 0 Å². The molecule has 148 valence electrons. The van der Waals surface area contributed by atoms with E-state index in [2.05, 4.69) is 35.8 Å². The summed E-state index contributed by atoms with van der Waals surface area (Å²) < 4.78 is 27.0. The largest absolute Gasteiger partial charge is 0.331 e. The van der Waals surface area contributed by atoms with Crippen molar-refractivity contribution in [2.24, 2.45) is 0 Å². The number of carbonyl (C=O) groups is 1. The number of benzene rings is 1. The normalized spacial score (nSPS) is 10.6. The Morgan fingerprint density at radius 3 is 2.21 bits per heavy atom. The summed E-state index contributed by atoms with van der Waals surface area (Å²) >= 11 is 5.10. The average molecular weight is 429 g/mol. The highest BCUT2D eigenvalue weighted by atomic mass is 32.2. The first-order valence-corrected chi connectivity index (χ1v) is 10.0. The van der Waals surface area contributed by atoms with Crippen molar-refractivity contribution >= 4 is 44.9 Å². The van der Waals surface area contributed by atoms with E-state index in [0.717, 1.165) is 0 Å². The first kappa shape index (κ1) is 20.1. The summed E-state index contributed by atoms with van der Waals surface area (Å²) in [5.41, 5.74) is 5.94. The predicted molar refractivity (Wildman–Crippen MR) is 110 cm³/mol. The minimum atomic E-state index is -3.82. The third-order valence-corrected chi connectivity index (χ3v) is 4.99. The fraction of sp³-hybridized carbons (Fsp3) is 0. The lowest BCUT2D eigenvalue weighted by Crippen LogP contribution is -2.43. The number of sulfonamides is 1. The standard InChI is InChI=1S/C17H15N7O3S2/c25-15(12-6-10-18-11-7-12)22-23-17(28)21-13-2-4-14(5-3-13)29(26,27)24-16-19-8-1-9-20-16/h1-11H,(H,22,25)(H,19,20,24)(H2,21,23,28). The highest BCUT2D eigenvalue weighted by Crippen LogP contribution is 2.16. The van der Waals surface area contributed by atoms with Crippen molar-refractivity contribution in [1.29, 1.82) is 0 Å². The second-order valence-electron chi connectivity index (χ2n) is 5.47. The van der Waals surface area contributed by atoms with Crippen LogP contribution in [-0.4, -0.2) is 34.4 Å². The Labute approximate surface area is 171 Å². The van der Waals surface area contributed by atoms with Crippen LogP contribution in [0.25, 0.3) is 0 Å². The number of pyridine rings is 1. The fourth-order valence-corrected chi connectivity index (χ4v) is 3.23. The summed E-state index contributed by atoms with van der Waals surface area (Å²) in [5, 5.41) is 2.95. The van der Waals surface area contributed by atoms with Crippen LogP contribution in [0.2, 0.25) is 0 Å². The molecule has 0 spiro atoms. The van der Waals surface area contributed by atoms with Crippen LogP contribution >= 0.6 is 12.2 Å². The average Bonchev–Trinajstić information content (AvgIpc) is 2.73. The molecule has 0 aliphatic heterocycles. The molecule has 29 heavy (non-hydrogen) atoms. The smallest absolute Gasteiger partial charge is 0.269 e. The molecule has 4 N–H and O–H groups in total. The van der Waals surface area contributed by atoms with Crippen LogP contribution in [0.5, 0.6) is 0 Å². The Bertz CT molecular complexity index is 1090. The van der Waals surface area contributed by atoms with Gasteiger partial charge in [0.1, 0.15) is 0 Å². The van der Waals surface area contributed by atoms with Crippen molar-refractivity contribution in [3.8, 4) is 0 Å². The lowest BCUT2D eigenvalue weighted by Gasteiger charge is -2.12. The van der Waals surface area contributed by atoms with Crippen molar-refractivity contribution in [2.75, 3.05) is 10.0 Å². The zero-order valence-electron chi connectivity index (χ0n) is 14.7. The molecule has 0 bridgehead atoms. The van der Waals surface area contributed by atoms with E-state index < -0.39 is 10.0 Å². The highest BCUT2D eigenvalue weighted by molar-refractivity contribution is 7.92. The molecule has 0 atom stereocenters. The van der Waals surface area contributed by atoms with Crippen molar-refractivity contribution < 1.29 is 13.2 Å². The topological polar surface area (TPSA) is 138 Å². The first-order valence-electron chi connectivity index (χ1n) is 8.11. The second-order valence-corrected chi connectivity index (χ2v) is 7.56. The Hall–Kier alpha value is -3.64. The van der Waals surface area contributed by atoms with E-state index in [9.17, 15) is 13.2 Å². The van der Waals surface area contributed by atoms with Crippen molar-refractivity contribution in [2.45, 2.75) is 4.90 Å². The lowest BCUT2D eigenvalue weighted by molar-refractivity contribution is 0.0944. The van der Waals surface area contributed by atoms with Crippen LogP contribution < -0.4 is 20.9 Å². The lowest BCUT2D eigenvalue weighted by atomic mass is 10.3. The van der Waals surface area contributed by atoms with Gasteiger partial charge in [-0.2, -0.15) is 0 Å². The molecular formula is C17H15N7O3S2. The molecule has 0 saturated carbocycles. The van der Waals surface area contributed by atoms with E-state index in [0.29, 0.717) is 11.3 Å². The van der Waals surface area contributed by atoms with E-state index in [4.69, 9.17) is 12.2 Å². The van der Waals surface area contributed by atoms with Gasteiger partial charge in [-0.1, -0.05) is 0 Å². The van der Waals surface area contributed by atoms with E-state index in [1.165, 1.54) is 49.1 Å². The molecule has 0 saturated heterocycles. The third kappa shape index (κ3) is 5.67. The van der Waals surface area contributed by atoms with Gasteiger partial charge in [-0.15, -0.1) is 0 Å². The number of anilines is 2. The van der Waals surface area contributed by atoms with Crippen LogP contribution in [0.3, 0.4) is 0 Å². The molecular weight excluding hydrogens is 414 g/mol. The molecule has 2 aromatic heterocycles. The zero-order chi connectivity index (χ0) is 20.7. The number of hydrogen-bond acceptors (Lipinski definition) is 7. The van der Waals surface area contributed by atoms with Gasteiger partial charge in [-0.05, 0) is 54.7 Å². The number of hydrazine groups is 1. The van der Waals surface area contributed by atoms with Gasteiger partial charge in [0.05, 0.1) is 4.90 Å². The molecule has 2 heterocycles. The van der Waals surface area contributed by atoms with Crippen LogP contribution in [0, 0.1) is 0 Å². The van der Waals surface area contributed by atoms with E-state index in [1.807, 2.05) is 0 Å². The van der Waals surface area contributed by atoms with E-state index in [-0.39, 0.29) is 21.9 Å². The molecule has 0 radical (unpaired) electrons. The van der Waals surface area contributed by atoms with E-state index >= 15 is 0 Å². The van der Waals surface area contributed by atoms with Gasteiger partial charge >= 0.3 is 0 Å². The zero-order valence-corrected chi connectivity index (χ0v) is 16.4. The highest BCUT2D eigenvalue weighted by Gasteiger charge is 2.15. The number of hydrogen-bond donors (Lipinski definition) is 4. The second kappa shape index (κ2) is 9.03. The predicted octanol–water partition coefficient (Wildman–Crippen LogP) is 1.30. The molecule has 0 unspecified atom stereocenters. The van der Waals surface area contributed by atoms with Crippen LogP contribution in [0.4, 0.5) is 11.6 Å². The summed E-state index contributed by atoms with van der Waals surface area (Å²) in [7, 11) is -3.82. The number of rotatable bonds is 5. The number of nitrogens with zero attached hydrogens (tertiary/aromatic N) is 3. The quantitative estimate of drug-likeness (QED) is 0.349. The number of thiocarbonyl (C=S) groups is 1. The molecule has 3 aromatic rings. The maximum atomic E-state index is 12.3. The number of carbonyl (C=O) groups excluding carboxylic acids is 1. The molecule has 3 rings (SSSR count). The third-order valence-electron chi connectivity index (χ3n) is 3.45. The monoisotopic (exact) mass is 429 g/mol. The summed E-state index contributed by atoms with van der Waals surface area (Å²) in [6, 6.07) is 10.5. The summed E-state index contributed by atoms with van der Waals surface area (Å²) in [5.74, 6) is -0.405. The fourth-order valence-electron chi connectivity index (χ4n) is 2.10. The summed E-state index contributed by atoms with van der Waals surface area (Å²) in [6.45, 7) is 0. The van der Waals surface area contributed by atoms with Gasteiger partial charge in [0.15, 0.2) is 5.11 Å². The minimum Gasteiger partial charge on any atom is -0.331 e. The molecule has 12 heteroatoms. The molecule has 1 amide bonds. The molecule has 0 fully saturated rings. The number of amides is 1. The van der Waals surface area contributed by atoms with Crippen molar-refractivity contribution in [3.05, 3.63) is 72.8 Å². The summed E-state index contributed by atoms with van der Waals surface area (Å²) in [4.78, 5) is 23.4. The first-order chi connectivity index (χ1) is 13.9. The minimum absolute atomic E-state index is 0.0231. The van der Waals surface area contributed by atoms with Gasteiger partial charge in [0.2, 0.25) is 5.95 Å². The Morgan fingerprint density at radius 1 is 0.897 bits per heavy atom. The van der Waals surface area contributed by atoms with Gasteiger partial charge in [-0.3, -0.25) is 20.6 Å². The van der Waals surface area contributed by atoms with Crippen LogP contribution in [0.1, 0.15) is 10.4 Å². The molecule has 1 aromatic carbocycles. The number of nitrogens with one attached hydrogen (secondary N) is 4. The van der Waals surface area contributed by atoms with Crippen LogP contribution in [0.15, 0.2) is 72.1 Å². The summed E-state index contributed by atoms with van der Waals surface area (Å²) in [6.07, 6.45) is 5.86. The van der Waals surface area contributed by atoms with Gasteiger partial charge in [0.25, 0.3) is 15.9 Å². The SMILES string of the molecule is O=C(NNC(=S)Nc1ccc(S(=O)(=O)Nc2ncccn2)cc1)c1ccncc1. The van der Waals surface area contributed by atoms with Gasteiger partial charge in [-0.25, -0.2) is 23.1 Å². The van der Waals surface area contributed by atoms with E-state index in [1.54, 1.807) is 18.2 Å². The van der Waals surface area contributed by atoms with Gasteiger partial charge < -0.3 is 5.32 Å². The van der Waals surface area contributed by atoms with Gasteiger partial charge in [0, 0.05) is 36.0 Å². The molecule has 10 nitrogen and oxygen atoms in total. The Balaban J connectivity index is 1.56. The Morgan fingerprint density at radius 2 is 1.55 bits per heavy atom. The van der Waals surface area contributed by atoms with Crippen molar-refractivity contribution in [1.82, 2.24) is 25.8 Å². The van der Waals surface area contributed by atoms with Crippen LogP contribution in [-0.2, 0) is 10.0 Å². The Kier molecular flexibility index (Phi) is 6.26. The molecule has 0 aliphatic rings. The maximum absolute atomic E-state index is 12.3. The maximum Gasteiger partial charge on any atom is 0.269 e. The molecule has 0 aliphatic carbocycles. The number of aromatic nitrogens is 3.